The fourth-order valence-corrected chi connectivity index (χ4v) is 4.57. The Kier molecular flexibility index (Phi) is 6.65. The fourth-order valence-electron chi connectivity index (χ4n) is 2.41. The maximum Gasteiger partial charge on any atom is 0.407 e. The first-order valence-electron chi connectivity index (χ1n) is 8.19. The van der Waals surface area contributed by atoms with Crippen molar-refractivity contribution < 1.29 is 14.3 Å². The van der Waals surface area contributed by atoms with Crippen molar-refractivity contribution in [3.63, 3.8) is 0 Å². The van der Waals surface area contributed by atoms with E-state index < -0.39 is 6.09 Å². The summed E-state index contributed by atoms with van der Waals surface area (Å²) in [5, 5.41) is 6.28. The quantitative estimate of drug-likeness (QED) is 0.567. The number of carbonyl (C=O) groups excluding carboxylic acids is 2. The summed E-state index contributed by atoms with van der Waals surface area (Å²) < 4.78 is 7.27. The van der Waals surface area contributed by atoms with E-state index in [1.807, 2.05) is 30.7 Å². The second kappa shape index (κ2) is 9.18. The Bertz CT molecular complexity index is 982. The van der Waals surface area contributed by atoms with Gasteiger partial charge in [0.25, 0.3) is 5.91 Å². The third kappa shape index (κ3) is 4.70. The molecule has 0 aliphatic carbocycles. The smallest absolute Gasteiger partial charge is 0.407 e. The topological polar surface area (TPSA) is 93.2 Å². The summed E-state index contributed by atoms with van der Waals surface area (Å²) in [5.74, 6) is -0.118. The summed E-state index contributed by atoms with van der Waals surface area (Å²) in [6.07, 6.45) is 1.32. The fraction of sp³-hybridized carbons (Fsp3) is 0.222. The highest BCUT2D eigenvalue weighted by atomic mass is 32.2. The van der Waals surface area contributed by atoms with Crippen LogP contribution >= 0.6 is 34.6 Å². The number of benzene rings is 1. The maximum atomic E-state index is 11.9. The van der Waals surface area contributed by atoms with Gasteiger partial charge < -0.3 is 10.1 Å². The first-order chi connectivity index (χ1) is 13.5. The number of aryl methyl sites for hydroxylation is 1. The summed E-state index contributed by atoms with van der Waals surface area (Å²) in [7, 11) is 1.33. The molecule has 0 aliphatic heterocycles. The molecule has 10 heteroatoms. The van der Waals surface area contributed by atoms with E-state index >= 15 is 0 Å². The average Bonchev–Trinajstić information content (AvgIpc) is 3.33. The van der Waals surface area contributed by atoms with Gasteiger partial charge in [0.05, 0.1) is 29.9 Å². The molecule has 3 rings (SSSR count). The molecule has 0 radical (unpaired) electrons. The van der Waals surface area contributed by atoms with Crippen LogP contribution in [0.1, 0.15) is 21.1 Å². The molecule has 0 aliphatic rings. The van der Waals surface area contributed by atoms with Crippen LogP contribution in [0.15, 0.2) is 29.6 Å². The Balaban J connectivity index is 1.76. The molecule has 2 heterocycles. The molecular weight excluding hydrogens is 416 g/mol. The molecule has 28 heavy (non-hydrogen) atoms. The van der Waals surface area contributed by atoms with E-state index in [2.05, 4.69) is 19.8 Å². The van der Waals surface area contributed by atoms with Gasteiger partial charge in [0, 0.05) is 22.8 Å². The van der Waals surface area contributed by atoms with E-state index in [4.69, 9.17) is 4.98 Å². The van der Waals surface area contributed by atoms with Crippen LogP contribution in [-0.4, -0.2) is 35.3 Å². The Morgan fingerprint density at radius 1 is 1.21 bits per heavy atom. The molecule has 0 saturated carbocycles. The lowest BCUT2D eigenvalue weighted by molar-refractivity contribution is 0.0984. The minimum absolute atomic E-state index is 0.118. The van der Waals surface area contributed by atoms with Crippen LogP contribution in [0.5, 0.6) is 0 Å². The minimum atomic E-state index is -0.486. The highest BCUT2D eigenvalue weighted by Gasteiger charge is 2.15. The summed E-state index contributed by atoms with van der Waals surface area (Å²) in [6, 6.07) is 7.36. The normalized spacial score (nSPS) is 10.5. The molecule has 0 unspecified atom stereocenters. The Morgan fingerprint density at radius 2 is 1.96 bits per heavy atom. The Morgan fingerprint density at radius 3 is 2.64 bits per heavy atom. The predicted octanol–water partition coefficient (Wildman–Crippen LogP) is 4.11. The number of aromatic nitrogens is 2. The number of carbonyl (C=O) groups is 2. The van der Waals surface area contributed by atoms with Crippen molar-refractivity contribution in [3.05, 3.63) is 45.9 Å². The first kappa shape index (κ1) is 20.3. The maximum absolute atomic E-state index is 11.9. The van der Waals surface area contributed by atoms with Gasteiger partial charge >= 0.3 is 6.09 Å². The van der Waals surface area contributed by atoms with Gasteiger partial charge in [-0.2, -0.15) is 0 Å². The van der Waals surface area contributed by atoms with Crippen molar-refractivity contribution in [1.82, 2.24) is 20.0 Å². The van der Waals surface area contributed by atoms with Crippen molar-refractivity contribution in [2.75, 3.05) is 13.4 Å². The molecule has 2 aromatic heterocycles. The molecule has 146 valence electrons. The molecule has 2 amide bonds. The van der Waals surface area contributed by atoms with Crippen LogP contribution in [0.25, 0.3) is 21.1 Å². The number of alkyl carbamates (subject to hydrolysis) is 1. The van der Waals surface area contributed by atoms with Gasteiger partial charge in [-0.05, 0) is 19.1 Å². The number of hydrogen-bond acceptors (Lipinski definition) is 8. The minimum Gasteiger partial charge on any atom is -0.453 e. The zero-order valence-corrected chi connectivity index (χ0v) is 17.9. The highest BCUT2D eigenvalue weighted by Crippen LogP contribution is 2.34. The number of amides is 2. The lowest BCUT2D eigenvalue weighted by atomic mass is 10.1. The highest BCUT2D eigenvalue weighted by molar-refractivity contribution is 7.97. The molecule has 0 spiro atoms. The molecule has 7 nitrogen and oxygen atoms in total. The summed E-state index contributed by atoms with van der Waals surface area (Å²) in [4.78, 5) is 33.2. The lowest BCUT2D eigenvalue weighted by Gasteiger charge is -2.02. The van der Waals surface area contributed by atoms with Crippen molar-refractivity contribution in [3.8, 4) is 21.1 Å². The monoisotopic (exact) mass is 434 g/mol. The second-order valence-corrected chi connectivity index (χ2v) is 8.17. The van der Waals surface area contributed by atoms with Crippen molar-refractivity contribution in [1.29, 1.82) is 0 Å². The lowest BCUT2D eigenvalue weighted by Crippen LogP contribution is -2.22. The molecule has 3 aromatic rings. The van der Waals surface area contributed by atoms with Gasteiger partial charge in [-0.1, -0.05) is 24.1 Å². The van der Waals surface area contributed by atoms with Crippen molar-refractivity contribution in [2.45, 2.75) is 13.5 Å². The second-order valence-electron chi connectivity index (χ2n) is 5.62. The van der Waals surface area contributed by atoms with E-state index in [9.17, 15) is 9.59 Å². The van der Waals surface area contributed by atoms with Crippen LogP contribution in [0.4, 0.5) is 4.79 Å². The number of nitrogens with zero attached hydrogens (tertiary/aromatic N) is 2. The van der Waals surface area contributed by atoms with Crippen LogP contribution in [0, 0.1) is 6.92 Å². The number of hydrogen-bond donors (Lipinski definition) is 2. The van der Waals surface area contributed by atoms with Gasteiger partial charge in [0.15, 0.2) is 0 Å². The number of nitrogens with one attached hydrogen (secondary N) is 2. The van der Waals surface area contributed by atoms with Gasteiger partial charge in [-0.15, -0.1) is 22.7 Å². The third-order valence-electron chi connectivity index (χ3n) is 3.74. The van der Waals surface area contributed by atoms with E-state index in [0.29, 0.717) is 12.1 Å². The first-order valence-corrected chi connectivity index (χ1v) is 11.1. The van der Waals surface area contributed by atoms with E-state index in [-0.39, 0.29) is 5.91 Å². The van der Waals surface area contributed by atoms with Gasteiger partial charge in [0.2, 0.25) is 0 Å². The Labute approximate surface area is 174 Å². The van der Waals surface area contributed by atoms with E-state index in [0.717, 1.165) is 31.8 Å². The largest absolute Gasteiger partial charge is 0.453 e. The number of ether oxygens (including phenoxy) is 1. The van der Waals surface area contributed by atoms with E-state index in [1.54, 1.807) is 12.1 Å². The molecule has 0 bridgehead atoms. The summed E-state index contributed by atoms with van der Waals surface area (Å²) in [6.45, 7) is 2.24. The molecule has 0 fully saturated rings. The predicted molar refractivity (Wildman–Crippen MR) is 114 cm³/mol. The van der Waals surface area contributed by atoms with Crippen molar-refractivity contribution >= 4 is 46.6 Å². The third-order valence-corrected chi connectivity index (χ3v) is 6.20. The standard InChI is InChI=1S/C18H18N4O3S3/c1-10-15(28-14(20-10)8-19-18(24)25-2)13-9-27-17(21-13)12-6-4-11(5-7-12)16(23)22-26-3/h4-7,9H,8H2,1-3H3,(H,19,24)(H,22,23). The number of methoxy groups -OCH3 is 1. The average molecular weight is 435 g/mol. The van der Waals surface area contributed by atoms with Crippen molar-refractivity contribution in [2.24, 2.45) is 0 Å². The van der Waals surface area contributed by atoms with Gasteiger partial charge in [-0.3, -0.25) is 9.52 Å². The Hall–Kier alpha value is -2.43. The van der Waals surface area contributed by atoms with Crippen LogP contribution in [0.2, 0.25) is 0 Å². The molecular formula is C18H18N4O3S3. The molecule has 2 N–H and O–H groups in total. The summed E-state index contributed by atoms with van der Waals surface area (Å²) in [5.41, 5.74) is 3.28. The number of rotatable bonds is 6. The zero-order valence-electron chi connectivity index (χ0n) is 15.4. The molecule has 1 aromatic carbocycles. The summed E-state index contributed by atoms with van der Waals surface area (Å²) >= 11 is 4.30. The van der Waals surface area contributed by atoms with E-state index in [1.165, 1.54) is 41.7 Å². The SMILES string of the molecule is COC(=O)NCc1nc(C)c(-c2csc(-c3ccc(C(=O)NSC)cc3)n2)s1. The van der Waals surface area contributed by atoms with Crippen LogP contribution in [-0.2, 0) is 11.3 Å². The zero-order chi connectivity index (χ0) is 20.1. The van der Waals surface area contributed by atoms with Crippen LogP contribution < -0.4 is 10.0 Å². The van der Waals surface area contributed by atoms with Crippen LogP contribution in [0.3, 0.4) is 0 Å². The molecule has 0 saturated heterocycles. The molecule has 0 atom stereocenters. The number of thiazole rings is 2. The van der Waals surface area contributed by atoms with Gasteiger partial charge in [-0.25, -0.2) is 14.8 Å². The van der Waals surface area contributed by atoms with Gasteiger partial charge in [0.1, 0.15) is 10.0 Å².